The molecule has 1 aliphatic heterocycles. The van der Waals surface area contributed by atoms with E-state index in [4.69, 9.17) is 4.74 Å². The predicted octanol–water partition coefficient (Wildman–Crippen LogP) is 2.32. The number of aryl methyl sites for hydroxylation is 1. The highest BCUT2D eigenvalue weighted by Crippen LogP contribution is 2.36. The summed E-state index contributed by atoms with van der Waals surface area (Å²) in [6.07, 6.45) is 2.93. The van der Waals surface area contributed by atoms with Gasteiger partial charge in [0.15, 0.2) is 0 Å². The van der Waals surface area contributed by atoms with E-state index in [0.29, 0.717) is 31.6 Å². The highest BCUT2D eigenvalue weighted by atomic mass is 32.2. The molecule has 5 nitrogen and oxygen atoms in total. The van der Waals surface area contributed by atoms with Gasteiger partial charge in [-0.15, -0.1) is 0 Å². The summed E-state index contributed by atoms with van der Waals surface area (Å²) in [5.41, 5.74) is -0.0375. The summed E-state index contributed by atoms with van der Waals surface area (Å²) < 4.78 is 45.9. The molecule has 0 radical (unpaired) electrons. The third-order valence-electron chi connectivity index (χ3n) is 4.80. The van der Waals surface area contributed by atoms with Crippen LogP contribution in [0, 0.1) is 18.2 Å². The Balaban J connectivity index is 2.21. The number of hydrogen-bond acceptors (Lipinski definition) is 4. The summed E-state index contributed by atoms with van der Waals surface area (Å²) in [5.74, 6) is -0.526. The van der Waals surface area contributed by atoms with Gasteiger partial charge in [0.05, 0.1) is 4.90 Å². The molecule has 0 saturated carbocycles. The number of halogens is 1. The molecule has 0 bridgehead atoms. The minimum Gasteiger partial charge on any atom is -0.396 e. The first-order valence-electron chi connectivity index (χ1n) is 8.21. The number of methoxy groups -OCH3 is 1. The van der Waals surface area contributed by atoms with E-state index in [-0.39, 0.29) is 18.0 Å². The van der Waals surface area contributed by atoms with Crippen LogP contribution in [0.4, 0.5) is 4.39 Å². The number of hydrogen-bond donors (Lipinski definition) is 1. The largest absolute Gasteiger partial charge is 0.396 e. The van der Waals surface area contributed by atoms with E-state index in [1.165, 1.54) is 16.4 Å². The average Bonchev–Trinajstić information content (AvgIpc) is 2.57. The van der Waals surface area contributed by atoms with Gasteiger partial charge in [0.25, 0.3) is 0 Å². The summed E-state index contributed by atoms with van der Waals surface area (Å²) in [6.45, 7) is 2.76. The van der Waals surface area contributed by atoms with Crippen molar-refractivity contribution in [2.24, 2.45) is 5.41 Å². The van der Waals surface area contributed by atoms with Gasteiger partial charge in [0.2, 0.25) is 10.0 Å². The molecule has 24 heavy (non-hydrogen) atoms. The van der Waals surface area contributed by atoms with Crippen molar-refractivity contribution in [2.45, 2.75) is 37.5 Å². The van der Waals surface area contributed by atoms with Gasteiger partial charge in [0, 0.05) is 38.8 Å². The molecule has 1 unspecified atom stereocenters. The SMILES string of the molecule is COCCCC1(CO)CCCN(S(=O)(=O)c2ccc(C)c(F)c2)C1. The maximum absolute atomic E-state index is 13.8. The summed E-state index contributed by atoms with van der Waals surface area (Å²) in [7, 11) is -2.14. The first-order chi connectivity index (χ1) is 11.3. The molecular formula is C17H26FNO4S. The van der Waals surface area contributed by atoms with Gasteiger partial charge in [-0.1, -0.05) is 6.07 Å². The topological polar surface area (TPSA) is 66.8 Å². The van der Waals surface area contributed by atoms with E-state index < -0.39 is 21.3 Å². The maximum atomic E-state index is 13.8. The van der Waals surface area contributed by atoms with E-state index in [9.17, 15) is 17.9 Å². The Morgan fingerprint density at radius 2 is 2.17 bits per heavy atom. The molecule has 7 heteroatoms. The summed E-state index contributed by atoms with van der Waals surface area (Å²) in [4.78, 5) is -0.0313. The van der Waals surface area contributed by atoms with Crippen LogP contribution in [0.2, 0.25) is 0 Å². The van der Waals surface area contributed by atoms with Crippen molar-refractivity contribution in [1.82, 2.24) is 4.31 Å². The molecule has 136 valence electrons. The van der Waals surface area contributed by atoms with Crippen LogP contribution in [0.15, 0.2) is 23.1 Å². The fraction of sp³-hybridized carbons (Fsp3) is 0.647. The lowest BCUT2D eigenvalue weighted by atomic mass is 9.78. The maximum Gasteiger partial charge on any atom is 0.243 e. The Morgan fingerprint density at radius 1 is 1.42 bits per heavy atom. The molecule has 1 aromatic rings. The van der Waals surface area contributed by atoms with Crippen LogP contribution in [0.25, 0.3) is 0 Å². The Hall–Kier alpha value is -1.02. The number of benzene rings is 1. The molecule has 1 fully saturated rings. The number of aliphatic hydroxyl groups is 1. The quantitative estimate of drug-likeness (QED) is 0.759. The van der Waals surface area contributed by atoms with Crippen molar-refractivity contribution in [2.75, 3.05) is 33.4 Å². The van der Waals surface area contributed by atoms with Gasteiger partial charge in [-0.05, 0) is 50.3 Å². The van der Waals surface area contributed by atoms with Gasteiger partial charge < -0.3 is 9.84 Å². The Bertz CT molecular complexity index is 665. The molecule has 1 N–H and O–H groups in total. The van der Waals surface area contributed by atoms with E-state index in [0.717, 1.165) is 18.9 Å². The van der Waals surface area contributed by atoms with Gasteiger partial charge in [-0.3, -0.25) is 0 Å². The number of nitrogens with zero attached hydrogens (tertiary/aromatic N) is 1. The molecule has 1 aliphatic rings. The first kappa shape index (κ1) is 19.3. The van der Waals surface area contributed by atoms with Crippen LogP contribution in [-0.2, 0) is 14.8 Å². The third kappa shape index (κ3) is 4.14. The Labute approximate surface area is 143 Å². The molecule has 0 aromatic heterocycles. The zero-order valence-corrected chi connectivity index (χ0v) is 15.1. The summed E-state index contributed by atoms with van der Waals surface area (Å²) in [6, 6.07) is 3.99. The van der Waals surface area contributed by atoms with Gasteiger partial charge in [-0.2, -0.15) is 4.31 Å². The average molecular weight is 359 g/mol. The van der Waals surface area contributed by atoms with Crippen molar-refractivity contribution in [3.05, 3.63) is 29.6 Å². The fourth-order valence-electron chi connectivity index (χ4n) is 3.25. The summed E-state index contributed by atoms with van der Waals surface area (Å²) >= 11 is 0. The van der Waals surface area contributed by atoms with Crippen molar-refractivity contribution in [3.63, 3.8) is 0 Å². The second kappa shape index (κ2) is 7.91. The normalized spacial score (nSPS) is 22.7. The van der Waals surface area contributed by atoms with Crippen LogP contribution in [0.1, 0.15) is 31.2 Å². The minimum absolute atomic E-state index is 0.0313. The van der Waals surface area contributed by atoms with E-state index in [1.807, 2.05) is 0 Å². The van der Waals surface area contributed by atoms with Gasteiger partial charge in [0.1, 0.15) is 5.82 Å². The number of sulfonamides is 1. The van der Waals surface area contributed by atoms with Crippen molar-refractivity contribution < 1.29 is 22.7 Å². The molecular weight excluding hydrogens is 333 g/mol. The van der Waals surface area contributed by atoms with E-state index in [2.05, 4.69) is 0 Å². The molecule has 0 spiro atoms. The lowest BCUT2D eigenvalue weighted by Gasteiger charge is -2.41. The second-order valence-electron chi connectivity index (χ2n) is 6.61. The van der Waals surface area contributed by atoms with Crippen LogP contribution in [0.3, 0.4) is 0 Å². The molecule has 1 aromatic carbocycles. The number of rotatable bonds is 7. The lowest BCUT2D eigenvalue weighted by Crippen LogP contribution is -2.47. The fourth-order valence-corrected chi connectivity index (χ4v) is 4.86. The zero-order valence-electron chi connectivity index (χ0n) is 14.3. The Morgan fingerprint density at radius 3 is 2.79 bits per heavy atom. The van der Waals surface area contributed by atoms with Gasteiger partial charge in [-0.25, -0.2) is 12.8 Å². The molecule has 0 amide bonds. The highest BCUT2D eigenvalue weighted by molar-refractivity contribution is 7.89. The first-order valence-corrected chi connectivity index (χ1v) is 9.65. The zero-order chi connectivity index (χ0) is 17.8. The lowest BCUT2D eigenvalue weighted by molar-refractivity contribution is 0.0472. The number of ether oxygens (including phenoxy) is 1. The van der Waals surface area contributed by atoms with E-state index >= 15 is 0 Å². The predicted molar refractivity (Wildman–Crippen MR) is 89.8 cm³/mol. The second-order valence-corrected chi connectivity index (χ2v) is 8.55. The van der Waals surface area contributed by atoms with Crippen molar-refractivity contribution in [1.29, 1.82) is 0 Å². The third-order valence-corrected chi connectivity index (χ3v) is 6.64. The molecule has 1 saturated heterocycles. The van der Waals surface area contributed by atoms with Crippen LogP contribution in [-0.4, -0.2) is 51.2 Å². The van der Waals surface area contributed by atoms with Crippen LogP contribution >= 0.6 is 0 Å². The number of piperidine rings is 1. The van der Waals surface area contributed by atoms with Crippen LogP contribution < -0.4 is 0 Å². The van der Waals surface area contributed by atoms with Crippen molar-refractivity contribution in [3.8, 4) is 0 Å². The monoisotopic (exact) mass is 359 g/mol. The standard InChI is InChI=1S/C17H26FNO4S/c1-14-5-6-15(11-16(14)18)24(21,22)19-9-3-7-17(12-19,13-20)8-4-10-23-2/h5-6,11,20H,3-4,7-10,12-13H2,1-2H3. The molecule has 1 atom stereocenters. The molecule has 1 heterocycles. The Kier molecular flexibility index (Phi) is 6.36. The number of aliphatic hydroxyl groups excluding tert-OH is 1. The van der Waals surface area contributed by atoms with Gasteiger partial charge >= 0.3 is 0 Å². The molecule has 2 rings (SSSR count). The highest BCUT2D eigenvalue weighted by Gasteiger charge is 2.39. The van der Waals surface area contributed by atoms with Crippen LogP contribution in [0.5, 0.6) is 0 Å². The summed E-state index contributed by atoms with van der Waals surface area (Å²) in [5, 5.41) is 9.85. The molecule has 0 aliphatic carbocycles. The van der Waals surface area contributed by atoms with E-state index in [1.54, 1.807) is 14.0 Å². The van der Waals surface area contributed by atoms with Crippen molar-refractivity contribution >= 4 is 10.0 Å². The smallest absolute Gasteiger partial charge is 0.243 e. The minimum atomic E-state index is -3.76.